The van der Waals surface area contributed by atoms with E-state index < -0.39 is 5.25 Å². The van der Waals surface area contributed by atoms with Gasteiger partial charge in [0.25, 0.3) is 0 Å². The van der Waals surface area contributed by atoms with Gasteiger partial charge >= 0.3 is 0 Å². The number of carbonyl (C=O) groups excluding carboxylic acids is 1. The lowest BCUT2D eigenvalue weighted by molar-refractivity contribution is -0.115. The third-order valence-corrected chi connectivity index (χ3v) is 4.40. The van der Waals surface area contributed by atoms with Crippen LogP contribution in [0.2, 0.25) is 0 Å². The van der Waals surface area contributed by atoms with Crippen LogP contribution < -0.4 is 10.1 Å². The molecule has 0 fully saturated rings. The molecule has 1 N–H and O–H groups in total. The number of aromatic nitrogens is 5. The molecule has 0 aliphatic heterocycles. The van der Waals surface area contributed by atoms with Gasteiger partial charge < -0.3 is 14.6 Å². The number of anilines is 1. The minimum absolute atomic E-state index is 0.218. The van der Waals surface area contributed by atoms with Crippen LogP contribution in [0.5, 0.6) is 5.75 Å². The maximum atomic E-state index is 12.3. The van der Waals surface area contributed by atoms with Gasteiger partial charge in [0.15, 0.2) is 5.82 Å². The van der Waals surface area contributed by atoms with Gasteiger partial charge in [0.2, 0.25) is 11.1 Å². The van der Waals surface area contributed by atoms with Crippen molar-refractivity contribution in [3.8, 4) is 11.4 Å². The molecule has 2 aromatic heterocycles. The van der Waals surface area contributed by atoms with Crippen molar-refractivity contribution in [1.82, 2.24) is 25.4 Å². The number of nitrogens with zero attached hydrogens (tertiary/aromatic N) is 5. The second-order valence-electron chi connectivity index (χ2n) is 5.37. The predicted octanol–water partition coefficient (Wildman–Crippen LogP) is 2.48. The molecule has 10 heteroatoms. The molecular formula is C16H18N6O3S. The van der Waals surface area contributed by atoms with E-state index in [9.17, 15) is 4.79 Å². The molecule has 26 heavy (non-hydrogen) atoms. The molecule has 0 aliphatic rings. The van der Waals surface area contributed by atoms with Crippen molar-refractivity contribution in [2.24, 2.45) is 0 Å². The first-order chi connectivity index (χ1) is 12.6. The summed E-state index contributed by atoms with van der Waals surface area (Å²) in [5, 5.41) is 18.2. The van der Waals surface area contributed by atoms with Crippen molar-refractivity contribution < 1.29 is 14.1 Å². The summed E-state index contributed by atoms with van der Waals surface area (Å²) in [6, 6.07) is 9.05. The molecule has 0 bridgehead atoms. The number of benzene rings is 1. The summed E-state index contributed by atoms with van der Waals surface area (Å²) in [4.78, 5) is 12.3. The molecule has 0 saturated heterocycles. The monoisotopic (exact) mass is 374 g/mol. The molecule has 1 aromatic carbocycles. The zero-order valence-electron chi connectivity index (χ0n) is 14.5. The number of tetrazole rings is 1. The average molecular weight is 374 g/mol. The minimum Gasteiger partial charge on any atom is -0.494 e. The van der Waals surface area contributed by atoms with Crippen LogP contribution in [0.1, 0.15) is 19.6 Å². The summed E-state index contributed by atoms with van der Waals surface area (Å²) in [6.45, 7) is 6.05. The summed E-state index contributed by atoms with van der Waals surface area (Å²) in [5.41, 5.74) is 0.778. The van der Waals surface area contributed by atoms with Crippen molar-refractivity contribution >= 4 is 23.5 Å². The number of thioether (sulfide) groups is 1. The van der Waals surface area contributed by atoms with Gasteiger partial charge in [-0.2, -0.15) is 4.68 Å². The van der Waals surface area contributed by atoms with Gasteiger partial charge in [0.1, 0.15) is 11.5 Å². The van der Waals surface area contributed by atoms with Crippen LogP contribution in [0.25, 0.3) is 5.69 Å². The number of amides is 1. The highest BCUT2D eigenvalue weighted by molar-refractivity contribution is 8.00. The highest BCUT2D eigenvalue weighted by Gasteiger charge is 2.20. The average Bonchev–Trinajstić information content (AvgIpc) is 3.25. The maximum Gasteiger partial charge on any atom is 0.238 e. The molecule has 3 aromatic rings. The van der Waals surface area contributed by atoms with E-state index >= 15 is 0 Å². The van der Waals surface area contributed by atoms with Gasteiger partial charge in [-0.15, -0.1) is 5.10 Å². The van der Waals surface area contributed by atoms with Crippen LogP contribution in [0, 0.1) is 6.92 Å². The number of rotatable bonds is 7. The van der Waals surface area contributed by atoms with Gasteiger partial charge in [0, 0.05) is 6.07 Å². The van der Waals surface area contributed by atoms with Gasteiger partial charge in [0.05, 0.1) is 17.5 Å². The summed E-state index contributed by atoms with van der Waals surface area (Å²) >= 11 is 1.25. The van der Waals surface area contributed by atoms with Gasteiger partial charge in [-0.3, -0.25) is 4.79 Å². The lowest BCUT2D eigenvalue weighted by atomic mass is 10.3. The van der Waals surface area contributed by atoms with E-state index in [1.54, 1.807) is 24.6 Å². The molecule has 9 nitrogen and oxygen atoms in total. The summed E-state index contributed by atoms with van der Waals surface area (Å²) in [5.74, 6) is 1.56. The zero-order chi connectivity index (χ0) is 18.5. The minimum atomic E-state index is -0.431. The standard InChI is InChI=1S/C16H18N6O3S/c1-4-24-13-7-5-12(6-8-13)22-16(18-20-21-22)26-11(3)15(23)17-14-9-10(2)25-19-14/h5-9,11H,4H2,1-3H3,(H,17,19,23)/t11-/m1/s1. The van der Waals surface area contributed by atoms with E-state index in [-0.39, 0.29) is 5.91 Å². The van der Waals surface area contributed by atoms with Crippen LogP contribution >= 0.6 is 11.8 Å². The number of hydrogen-bond donors (Lipinski definition) is 1. The Kier molecular flexibility index (Phi) is 5.52. The van der Waals surface area contributed by atoms with Crippen LogP contribution in [-0.2, 0) is 4.79 Å². The smallest absolute Gasteiger partial charge is 0.238 e. The number of carbonyl (C=O) groups is 1. The number of nitrogens with one attached hydrogen (secondary N) is 1. The Morgan fingerprint density at radius 2 is 2.15 bits per heavy atom. The van der Waals surface area contributed by atoms with Crippen LogP contribution in [0.3, 0.4) is 0 Å². The fraction of sp³-hybridized carbons (Fsp3) is 0.312. The quantitative estimate of drug-likeness (QED) is 0.628. The molecule has 0 radical (unpaired) electrons. The lowest BCUT2D eigenvalue weighted by Crippen LogP contribution is -2.23. The highest BCUT2D eigenvalue weighted by atomic mass is 32.2. The summed E-state index contributed by atoms with van der Waals surface area (Å²) in [7, 11) is 0. The van der Waals surface area contributed by atoms with E-state index in [1.807, 2.05) is 31.2 Å². The lowest BCUT2D eigenvalue weighted by Gasteiger charge is -2.10. The number of aryl methyl sites for hydroxylation is 1. The Balaban J connectivity index is 1.68. The van der Waals surface area contributed by atoms with Crippen LogP contribution in [0.4, 0.5) is 5.82 Å². The summed E-state index contributed by atoms with van der Waals surface area (Å²) in [6.07, 6.45) is 0. The van der Waals surface area contributed by atoms with E-state index in [0.717, 1.165) is 11.4 Å². The third-order valence-electron chi connectivity index (χ3n) is 3.36. The second kappa shape index (κ2) is 8.00. The van der Waals surface area contributed by atoms with Crippen molar-refractivity contribution in [2.45, 2.75) is 31.2 Å². The Bertz CT molecular complexity index is 876. The van der Waals surface area contributed by atoms with Gasteiger partial charge in [-0.1, -0.05) is 16.9 Å². The molecule has 3 rings (SSSR count). The van der Waals surface area contributed by atoms with Crippen LogP contribution in [-0.4, -0.2) is 43.1 Å². The number of hydrogen-bond acceptors (Lipinski definition) is 8. The van der Waals surface area contributed by atoms with Crippen molar-refractivity contribution in [3.63, 3.8) is 0 Å². The third kappa shape index (κ3) is 4.20. The Labute approximate surface area is 154 Å². The van der Waals surface area contributed by atoms with E-state index in [4.69, 9.17) is 9.26 Å². The maximum absolute atomic E-state index is 12.3. The zero-order valence-corrected chi connectivity index (χ0v) is 15.4. The predicted molar refractivity (Wildman–Crippen MR) is 95.5 cm³/mol. The normalized spacial score (nSPS) is 12.0. The van der Waals surface area contributed by atoms with E-state index in [2.05, 4.69) is 26.0 Å². The van der Waals surface area contributed by atoms with Gasteiger partial charge in [-0.25, -0.2) is 0 Å². The van der Waals surface area contributed by atoms with Crippen molar-refractivity contribution in [3.05, 3.63) is 36.1 Å². The first-order valence-corrected chi connectivity index (χ1v) is 8.87. The molecule has 0 saturated carbocycles. The fourth-order valence-electron chi connectivity index (χ4n) is 2.13. The van der Waals surface area contributed by atoms with E-state index in [1.165, 1.54) is 11.8 Å². The number of ether oxygens (including phenoxy) is 1. The molecule has 0 spiro atoms. The SMILES string of the molecule is CCOc1ccc(-n2nnnc2S[C@H](C)C(=O)Nc2cc(C)on2)cc1. The topological polar surface area (TPSA) is 108 Å². The molecule has 1 atom stereocenters. The molecule has 0 aliphatic carbocycles. The molecule has 136 valence electrons. The molecular weight excluding hydrogens is 356 g/mol. The second-order valence-corrected chi connectivity index (χ2v) is 6.68. The Morgan fingerprint density at radius 1 is 1.38 bits per heavy atom. The first-order valence-electron chi connectivity index (χ1n) is 7.99. The first kappa shape index (κ1) is 17.9. The largest absolute Gasteiger partial charge is 0.494 e. The van der Waals surface area contributed by atoms with Crippen molar-refractivity contribution in [2.75, 3.05) is 11.9 Å². The molecule has 2 heterocycles. The Morgan fingerprint density at radius 3 is 2.81 bits per heavy atom. The Hall–Kier alpha value is -2.88. The highest BCUT2D eigenvalue weighted by Crippen LogP contribution is 2.24. The van der Waals surface area contributed by atoms with Gasteiger partial charge in [-0.05, 0) is 55.5 Å². The molecule has 1 amide bonds. The van der Waals surface area contributed by atoms with E-state index in [0.29, 0.717) is 23.3 Å². The summed E-state index contributed by atoms with van der Waals surface area (Å²) < 4.78 is 11.9. The van der Waals surface area contributed by atoms with Crippen molar-refractivity contribution in [1.29, 1.82) is 0 Å². The fourth-order valence-corrected chi connectivity index (χ4v) is 2.94. The molecule has 0 unspecified atom stereocenters. The van der Waals surface area contributed by atoms with Crippen LogP contribution in [0.15, 0.2) is 40.0 Å².